The second-order valence-electron chi connectivity index (χ2n) is 5.17. The van der Waals surface area contributed by atoms with Crippen LogP contribution in [-0.2, 0) is 9.53 Å². The molecule has 1 aromatic carbocycles. The van der Waals surface area contributed by atoms with Gasteiger partial charge >= 0.3 is 5.97 Å². The predicted octanol–water partition coefficient (Wildman–Crippen LogP) is 3.29. The SMILES string of the molecule is CSc1ccc2c(c1)C(C)=NC(OC(C)=O)c1nc(C)cn1-2. The van der Waals surface area contributed by atoms with Gasteiger partial charge in [-0.15, -0.1) is 11.8 Å². The van der Waals surface area contributed by atoms with E-state index in [0.717, 1.165) is 27.6 Å². The van der Waals surface area contributed by atoms with E-state index in [9.17, 15) is 4.79 Å². The van der Waals surface area contributed by atoms with Gasteiger partial charge in [0.25, 0.3) is 6.23 Å². The van der Waals surface area contributed by atoms with E-state index in [1.54, 1.807) is 11.8 Å². The van der Waals surface area contributed by atoms with Gasteiger partial charge in [0.1, 0.15) is 0 Å². The summed E-state index contributed by atoms with van der Waals surface area (Å²) >= 11 is 1.68. The van der Waals surface area contributed by atoms with Crippen LogP contribution in [0.25, 0.3) is 5.69 Å². The average molecular weight is 315 g/mol. The van der Waals surface area contributed by atoms with E-state index in [2.05, 4.69) is 28.2 Å². The van der Waals surface area contributed by atoms with Crippen molar-refractivity contribution in [1.82, 2.24) is 9.55 Å². The van der Waals surface area contributed by atoms with Gasteiger partial charge in [0.05, 0.1) is 11.4 Å². The van der Waals surface area contributed by atoms with Crippen molar-refractivity contribution in [1.29, 1.82) is 0 Å². The van der Waals surface area contributed by atoms with Crippen LogP contribution in [0.1, 0.15) is 37.2 Å². The van der Waals surface area contributed by atoms with Crippen LogP contribution in [0.15, 0.2) is 34.3 Å². The second kappa shape index (κ2) is 5.61. The third kappa shape index (κ3) is 2.54. The predicted molar refractivity (Wildman–Crippen MR) is 86.8 cm³/mol. The average Bonchev–Trinajstić information content (AvgIpc) is 2.83. The second-order valence-corrected chi connectivity index (χ2v) is 6.05. The number of carbonyl (C=O) groups excluding carboxylic acids is 1. The quantitative estimate of drug-likeness (QED) is 0.630. The van der Waals surface area contributed by atoms with Crippen LogP contribution in [0.4, 0.5) is 0 Å². The molecule has 0 saturated heterocycles. The molecule has 2 heterocycles. The van der Waals surface area contributed by atoms with E-state index in [4.69, 9.17) is 4.74 Å². The summed E-state index contributed by atoms with van der Waals surface area (Å²) in [5.41, 5.74) is 3.73. The number of rotatable bonds is 2. The molecule has 6 heteroatoms. The highest BCUT2D eigenvalue weighted by Crippen LogP contribution is 2.31. The third-order valence-electron chi connectivity index (χ3n) is 3.52. The van der Waals surface area contributed by atoms with Gasteiger partial charge in [0.15, 0.2) is 5.82 Å². The fourth-order valence-corrected chi connectivity index (χ4v) is 3.00. The first-order chi connectivity index (χ1) is 10.5. The Labute approximate surface area is 133 Å². The number of hydrogen-bond donors (Lipinski definition) is 0. The maximum atomic E-state index is 11.4. The Bertz CT molecular complexity index is 780. The topological polar surface area (TPSA) is 56.5 Å². The molecule has 114 valence electrons. The molecule has 0 bridgehead atoms. The summed E-state index contributed by atoms with van der Waals surface area (Å²) in [6.07, 6.45) is 3.27. The van der Waals surface area contributed by atoms with Crippen LogP contribution in [-0.4, -0.2) is 27.5 Å². The van der Waals surface area contributed by atoms with Crippen molar-refractivity contribution in [3.05, 3.63) is 41.5 Å². The van der Waals surface area contributed by atoms with Crippen molar-refractivity contribution >= 4 is 23.4 Å². The number of nitrogens with zero attached hydrogens (tertiary/aromatic N) is 3. The molecule has 0 saturated carbocycles. The summed E-state index contributed by atoms with van der Waals surface area (Å²) in [6, 6.07) is 6.23. The minimum absolute atomic E-state index is 0.371. The van der Waals surface area contributed by atoms with Crippen LogP contribution in [0.2, 0.25) is 0 Å². The number of carbonyl (C=O) groups is 1. The van der Waals surface area contributed by atoms with Crippen molar-refractivity contribution in [3.8, 4) is 5.69 Å². The zero-order valence-electron chi connectivity index (χ0n) is 13.0. The molecule has 0 spiro atoms. The lowest BCUT2D eigenvalue weighted by molar-refractivity contribution is -0.146. The molecule has 22 heavy (non-hydrogen) atoms. The van der Waals surface area contributed by atoms with Crippen molar-refractivity contribution < 1.29 is 9.53 Å². The Kier molecular flexibility index (Phi) is 3.78. The van der Waals surface area contributed by atoms with Crippen LogP contribution in [0, 0.1) is 6.92 Å². The van der Waals surface area contributed by atoms with Crippen LogP contribution < -0.4 is 0 Å². The summed E-state index contributed by atoms with van der Waals surface area (Å²) in [7, 11) is 0. The fraction of sp³-hybridized carbons (Fsp3) is 0.312. The van der Waals surface area contributed by atoms with Crippen LogP contribution in [0.3, 0.4) is 0 Å². The zero-order chi connectivity index (χ0) is 15.9. The van der Waals surface area contributed by atoms with E-state index in [0.29, 0.717) is 5.82 Å². The first-order valence-corrected chi connectivity index (χ1v) is 8.18. The molecular formula is C16H17N3O2S. The molecule has 3 rings (SSSR count). The molecule has 0 radical (unpaired) electrons. The lowest BCUT2D eigenvalue weighted by Crippen LogP contribution is -2.11. The lowest BCUT2D eigenvalue weighted by Gasteiger charge is -2.12. The minimum atomic E-state index is -0.712. The summed E-state index contributed by atoms with van der Waals surface area (Å²) in [5.74, 6) is 0.257. The summed E-state index contributed by atoms with van der Waals surface area (Å²) in [4.78, 5) is 21.6. The number of aromatic nitrogens is 2. The molecule has 2 aromatic rings. The van der Waals surface area contributed by atoms with E-state index in [1.165, 1.54) is 6.92 Å². The van der Waals surface area contributed by atoms with E-state index in [-0.39, 0.29) is 5.97 Å². The third-order valence-corrected chi connectivity index (χ3v) is 4.24. The number of ether oxygens (including phenoxy) is 1. The molecule has 0 N–H and O–H groups in total. The number of esters is 1. The Morgan fingerprint density at radius 2 is 2.14 bits per heavy atom. The van der Waals surface area contributed by atoms with E-state index < -0.39 is 6.23 Å². The van der Waals surface area contributed by atoms with E-state index in [1.807, 2.05) is 30.9 Å². The fourth-order valence-electron chi connectivity index (χ4n) is 2.56. The molecule has 0 fully saturated rings. The largest absolute Gasteiger partial charge is 0.432 e. The molecule has 1 atom stereocenters. The molecule has 0 aliphatic carbocycles. The highest BCUT2D eigenvalue weighted by atomic mass is 32.2. The van der Waals surface area contributed by atoms with Gasteiger partial charge in [0.2, 0.25) is 0 Å². The van der Waals surface area contributed by atoms with E-state index >= 15 is 0 Å². The molecule has 1 aliphatic heterocycles. The monoisotopic (exact) mass is 315 g/mol. The van der Waals surface area contributed by atoms with Gasteiger partial charge in [-0.05, 0) is 38.3 Å². The highest BCUT2D eigenvalue weighted by molar-refractivity contribution is 7.98. The van der Waals surface area contributed by atoms with Crippen molar-refractivity contribution in [3.63, 3.8) is 0 Å². The number of fused-ring (bicyclic) bond motifs is 3. The van der Waals surface area contributed by atoms with Gasteiger partial charge < -0.3 is 4.74 Å². The summed E-state index contributed by atoms with van der Waals surface area (Å²) in [5, 5.41) is 0. The molecule has 1 aliphatic rings. The van der Waals surface area contributed by atoms with Gasteiger partial charge in [-0.3, -0.25) is 9.36 Å². The Morgan fingerprint density at radius 3 is 2.82 bits per heavy atom. The van der Waals surface area contributed by atoms with Crippen LogP contribution >= 0.6 is 11.8 Å². The number of aryl methyl sites for hydroxylation is 1. The molecule has 1 aromatic heterocycles. The normalized spacial score (nSPS) is 16.4. The van der Waals surface area contributed by atoms with Crippen molar-refractivity contribution in [2.75, 3.05) is 6.26 Å². The number of thioether (sulfide) groups is 1. The number of hydrogen-bond acceptors (Lipinski definition) is 5. The number of benzene rings is 1. The maximum absolute atomic E-state index is 11.4. The van der Waals surface area contributed by atoms with Gasteiger partial charge in [-0.25, -0.2) is 9.98 Å². The molecule has 0 amide bonds. The summed E-state index contributed by atoms with van der Waals surface area (Å²) < 4.78 is 7.31. The van der Waals surface area contributed by atoms with Crippen LogP contribution in [0.5, 0.6) is 0 Å². The van der Waals surface area contributed by atoms with Crippen molar-refractivity contribution in [2.45, 2.75) is 31.9 Å². The summed E-state index contributed by atoms with van der Waals surface area (Å²) in [6.45, 7) is 5.23. The minimum Gasteiger partial charge on any atom is -0.432 e. The number of aliphatic imine (C=N–C) groups is 1. The Balaban J connectivity index is 2.24. The molecule has 1 unspecified atom stereocenters. The highest BCUT2D eigenvalue weighted by Gasteiger charge is 2.26. The standard InChI is InChI=1S/C16H17N3O2S/c1-9-8-19-14-6-5-12(22-4)7-13(14)10(2)18-16(15(19)17-9)21-11(3)20/h5-8,16H,1-4H3. The zero-order valence-corrected chi connectivity index (χ0v) is 13.8. The number of imidazole rings is 1. The molecule has 5 nitrogen and oxygen atoms in total. The van der Waals surface area contributed by atoms with Gasteiger partial charge in [-0.1, -0.05) is 0 Å². The first kappa shape index (κ1) is 14.8. The lowest BCUT2D eigenvalue weighted by atomic mass is 10.1. The maximum Gasteiger partial charge on any atom is 0.304 e. The Morgan fingerprint density at radius 1 is 1.36 bits per heavy atom. The first-order valence-electron chi connectivity index (χ1n) is 6.96. The molecular weight excluding hydrogens is 298 g/mol. The smallest absolute Gasteiger partial charge is 0.304 e. The van der Waals surface area contributed by atoms with Crippen molar-refractivity contribution in [2.24, 2.45) is 4.99 Å². The Hall–Kier alpha value is -2.08. The van der Waals surface area contributed by atoms with Gasteiger partial charge in [-0.2, -0.15) is 0 Å². The van der Waals surface area contributed by atoms with Gasteiger partial charge in [0, 0.05) is 29.3 Å².